The molecule has 0 saturated carbocycles. The standard InChI is InChI=1S/C12H11NO4S/c1-6-3-7(4-8(17-2)10(6)14)5-9-11(15)13-12(16)18-9/h3-5,14H,1-2H3,(H,13,15,16). The molecular weight excluding hydrogens is 254 g/mol. The zero-order valence-corrected chi connectivity index (χ0v) is 10.6. The van der Waals surface area contributed by atoms with Crippen LogP contribution in [0.3, 0.4) is 0 Å². The van der Waals surface area contributed by atoms with E-state index in [4.69, 9.17) is 4.74 Å². The van der Waals surface area contributed by atoms with E-state index in [9.17, 15) is 14.7 Å². The van der Waals surface area contributed by atoms with Crippen molar-refractivity contribution in [2.45, 2.75) is 6.92 Å². The number of carbonyl (C=O) groups is 2. The van der Waals surface area contributed by atoms with Crippen LogP contribution in [0.4, 0.5) is 4.79 Å². The third kappa shape index (κ3) is 2.33. The van der Waals surface area contributed by atoms with Crippen molar-refractivity contribution in [1.29, 1.82) is 0 Å². The van der Waals surface area contributed by atoms with E-state index in [1.54, 1.807) is 25.1 Å². The highest BCUT2D eigenvalue weighted by Crippen LogP contribution is 2.33. The summed E-state index contributed by atoms with van der Waals surface area (Å²) in [6.45, 7) is 1.73. The molecule has 2 N–H and O–H groups in total. The summed E-state index contributed by atoms with van der Waals surface area (Å²) in [6.07, 6.45) is 1.58. The summed E-state index contributed by atoms with van der Waals surface area (Å²) in [5, 5.41) is 11.5. The second-order valence-corrected chi connectivity index (χ2v) is 4.76. The number of phenolic OH excluding ortho intramolecular Hbond substituents is 1. The number of hydrogen-bond acceptors (Lipinski definition) is 5. The highest BCUT2D eigenvalue weighted by molar-refractivity contribution is 8.18. The Labute approximate surface area is 108 Å². The zero-order valence-electron chi connectivity index (χ0n) is 9.81. The molecule has 0 radical (unpaired) electrons. The molecule has 0 spiro atoms. The van der Waals surface area contributed by atoms with Crippen molar-refractivity contribution in [3.05, 3.63) is 28.2 Å². The lowest BCUT2D eigenvalue weighted by atomic mass is 10.1. The van der Waals surface area contributed by atoms with E-state index >= 15 is 0 Å². The van der Waals surface area contributed by atoms with Crippen LogP contribution in [0, 0.1) is 6.92 Å². The molecule has 1 saturated heterocycles. The maximum Gasteiger partial charge on any atom is 0.290 e. The van der Waals surface area contributed by atoms with Crippen LogP contribution >= 0.6 is 11.8 Å². The molecule has 1 heterocycles. The smallest absolute Gasteiger partial charge is 0.290 e. The van der Waals surface area contributed by atoms with Crippen molar-refractivity contribution in [3.8, 4) is 11.5 Å². The van der Waals surface area contributed by atoms with Gasteiger partial charge < -0.3 is 9.84 Å². The molecular formula is C12H11NO4S. The first-order valence-electron chi connectivity index (χ1n) is 5.13. The van der Waals surface area contributed by atoms with Crippen LogP contribution in [0.1, 0.15) is 11.1 Å². The summed E-state index contributed by atoms with van der Waals surface area (Å²) in [5.41, 5.74) is 1.32. The van der Waals surface area contributed by atoms with Crippen LogP contribution < -0.4 is 10.1 Å². The number of carbonyl (C=O) groups excluding carboxylic acids is 2. The molecule has 0 bridgehead atoms. The molecule has 0 aromatic heterocycles. The second-order valence-electron chi connectivity index (χ2n) is 3.74. The van der Waals surface area contributed by atoms with Gasteiger partial charge in [0.05, 0.1) is 12.0 Å². The fourth-order valence-corrected chi connectivity index (χ4v) is 2.27. The third-order valence-electron chi connectivity index (χ3n) is 2.45. The molecule has 0 unspecified atom stereocenters. The number of rotatable bonds is 2. The van der Waals surface area contributed by atoms with Gasteiger partial charge in [0.25, 0.3) is 11.1 Å². The quantitative estimate of drug-likeness (QED) is 0.800. The SMILES string of the molecule is COc1cc(C=C2SC(=O)NC2=O)cc(C)c1O. The average molecular weight is 265 g/mol. The van der Waals surface area contributed by atoms with Crippen LogP contribution in [0.2, 0.25) is 0 Å². The lowest BCUT2D eigenvalue weighted by Crippen LogP contribution is -2.17. The first kappa shape index (κ1) is 12.5. The third-order valence-corrected chi connectivity index (χ3v) is 3.26. The summed E-state index contributed by atoms with van der Waals surface area (Å²) in [5.74, 6) is -0.00877. The van der Waals surface area contributed by atoms with Crippen LogP contribution in [-0.4, -0.2) is 23.4 Å². The van der Waals surface area contributed by atoms with Gasteiger partial charge in [0, 0.05) is 0 Å². The van der Waals surface area contributed by atoms with E-state index in [0.29, 0.717) is 21.8 Å². The van der Waals surface area contributed by atoms with Gasteiger partial charge in [0.1, 0.15) is 0 Å². The van der Waals surface area contributed by atoms with E-state index < -0.39 is 5.91 Å². The Morgan fingerprint density at radius 2 is 2.11 bits per heavy atom. The number of imide groups is 1. The monoisotopic (exact) mass is 265 g/mol. The van der Waals surface area contributed by atoms with Gasteiger partial charge >= 0.3 is 0 Å². The lowest BCUT2D eigenvalue weighted by Gasteiger charge is -2.07. The molecule has 5 nitrogen and oxygen atoms in total. The molecule has 6 heteroatoms. The summed E-state index contributed by atoms with van der Waals surface area (Å²) in [6, 6.07) is 3.31. The van der Waals surface area contributed by atoms with E-state index in [0.717, 1.165) is 11.8 Å². The van der Waals surface area contributed by atoms with Crippen molar-refractivity contribution in [2.24, 2.45) is 0 Å². The Morgan fingerprint density at radius 3 is 2.67 bits per heavy atom. The highest BCUT2D eigenvalue weighted by atomic mass is 32.2. The van der Waals surface area contributed by atoms with Crippen LogP contribution in [0.5, 0.6) is 11.5 Å². The Kier molecular flexibility index (Phi) is 3.29. The van der Waals surface area contributed by atoms with E-state index in [1.165, 1.54) is 7.11 Å². The fraction of sp³-hybridized carbons (Fsp3) is 0.167. The number of aromatic hydroxyl groups is 1. The molecule has 0 atom stereocenters. The number of methoxy groups -OCH3 is 1. The van der Waals surface area contributed by atoms with Gasteiger partial charge in [-0.15, -0.1) is 0 Å². The maximum absolute atomic E-state index is 11.4. The minimum absolute atomic E-state index is 0.0688. The van der Waals surface area contributed by atoms with Crippen LogP contribution in [0.15, 0.2) is 17.0 Å². The molecule has 1 fully saturated rings. The summed E-state index contributed by atoms with van der Waals surface area (Å²) >= 11 is 0.850. The molecule has 0 aliphatic carbocycles. The van der Waals surface area contributed by atoms with Gasteiger partial charge in [-0.05, 0) is 48.0 Å². The molecule has 1 aliphatic heterocycles. The van der Waals surface area contributed by atoms with Gasteiger partial charge in [0.2, 0.25) is 0 Å². The Morgan fingerprint density at radius 1 is 1.39 bits per heavy atom. The molecule has 1 aromatic rings. The molecule has 2 rings (SSSR count). The Balaban J connectivity index is 2.41. The Hall–Kier alpha value is -1.95. The van der Waals surface area contributed by atoms with Crippen LogP contribution in [-0.2, 0) is 4.79 Å². The predicted molar refractivity (Wildman–Crippen MR) is 68.5 cm³/mol. The number of hydrogen-bond donors (Lipinski definition) is 2. The van der Waals surface area contributed by atoms with E-state index in [-0.39, 0.29) is 11.0 Å². The van der Waals surface area contributed by atoms with Crippen molar-refractivity contribution < 1.29 is 19.4 Å². The summed E-state index contributed by atoms with van der Waals surface area (Å²) < 4.78 is 5.03. The largest absolute Gasteiger partial charge is 0.504 e. The molecule has 94 valence electrons. The normalized spacial score (nSPS) is 17.1. The highest BCUT2D eigenvalue weighted by Gasteiger charge is 2.25. The van der Waals surface area contributed by atoms with Crippen molar-refractivity contribution in [2.75, 3.05) is 7.11 Å². The van der Waals surface area contributed by atoms with Gasteiger partial charge in [-0.2, -0.15) is 0 Å². The molecule has 1 aromatic carbocycles. The first-order valence-corrected chi connectivity index (χ1v) is 5.95. The zero-order chi connectivity index (χ0) is 13.3. The molecule has 2 amide bonds. The second kappa shape index (κ2) is 4.73. The minimum Gasteiger partial charge on any atom is -0.504 e. The maximum atomic E-state index is 11.4. The van der Waals surface area contributed by atoms with Gasteiger partial charge in [-0.25, -0.2) is 0 Å². The lowest BCUT2D eigenvalue weighted by molar-refractivity contribution is -0.115. The van der Waals surface area contributed by atoms with Crippen molar-refractivity contribution in [1.82, 2.24) is 5.32 Å². The van der Waals surface area contributed by atoms with Crippen molar-refractivity contribution in [3.63, 3.8) is 0 Å². The number of aryl methyl sites for hydroxylation is 1. The predicted octanol–water partition coefficient (Wildman–Crippen LogP) is 2.03. The number of amides is 2. The average Bonchev–Trinajstić information content (AvgIpc) is 2.62. The van der Waals surface area contributed by atoms with Crippen LogP contribution in [0.25, 0.3) is 6.08 Å². The number of nitrogens with one attached hydrogen (secondary N) is 1. The number of thioether (sulfide) groups is 1. The van der Waals surface area contributed by atoms with Gasteiger partial charge in [-0.3, -0.25) is 14.9 Å². The molecule has 18 heavy (non-hydrogen) atoms. The first-order chi connectivity index (χ1) is 8.51. The number of phenols is 1. The van der Waals surface area contributed by atoms with E-state index in [1.807, 2.05) is 0 Å². The number of ether oxygens (including phenoxy) is 1. The van der Waals surface area contributed by atoms with Gasteiger partial charge in [-0.1, -0.05) is 0 Å². The van der Waals surface area contributed by atoms with Gasteiger partial charge in [0.15, 0.2) is 11.5 Å². The number of benzene rings is 1. The summed E-state index contributed by atoms with van der Waals surface area (Å²) in [4.78, 5) is 22.7. The van der Waals surface area contributed by atoms with Crippen molar-refractivity contribution >= 4 is 29.0 Å². The Bertz CT molecular complexity index is 565. The fourth-order valence-electron chi connectivity index (χ4n) is 1.59. The minimum atomic E-state index is -0.408. The summed E-state index contributed by atoms with van der Waals surface area (Å²) in [7, 11) is 1.45. The molecule has 1 aliphatic rings. The topological polar surface area (TPSA) is 75.6 Å². The van der Waals surface area contributed by atoms with E-state index in [2.05, 4.69) is 5.32 Å².